The van der Waals surface area contributed by atoms with Crippen LogP contribution in [0.25, 0.3) is 0 Å². The molecule has 3 N–H and O–H groups in total. The maximum absolute atomic E-state index is 12.6. The van der Waals surface area contributed by atoms with Crippen LogP contribution < -0.4 is 0 Å². The molecule has 0 spiro atoms. The first kappa shape index (κ1) is 24.5. The Morgan fingerprint density at radius 1 is 1.29 bits per heavy atom. The van der Waals surface area contributed by atoms with Crippen molar-refractivity contribution in [2.45, 2.75) is 58.2 Å². The minimum atomic E-state index is -0.851. The van der Waals surface area contributed by atoms with Gasteiger partial charge in [0.25, 0.3) is 0 Å². The van der Waals surface area contributed by atoms with Crippen LogP contribution in [0.15, 0.2) is 48.1 Å². The molecular formula is C27H34O7. The second-order valence-corrected chi connectivity index (χ2v) is 10.4. The molecule has 7 nitrogen and oxygen atoms in total. The number of benzene rings is 1. The Kier molecular flexibility index (Phi) is 6.62. The Balaban J connectivity index is 1.56. The van der Waals surface area contributed by atoms with Gasteiger partial charge in [-0.3, -0.25) is 0 Å². The number of allylic oxidation sites excluding steroid dienone is 2. The molecule has 34 heavy (non-hydrogen) atoms. The molecule has 0 radical (unpaired) electrons. The number of aliphatic hydroxyl groups excluding tert-OH is 2. The van der Waals surface area contributed by atoms with E-state index in [-0.39, 0.29) is 41.8 Å². The van der Waals surface area contributed by atoms with Gasteiger partial charge >= 0.3 is 11.9 Å². The molecule has 1 saturated heterocycles. The van der Waals surface area contributed by atoms with Crippen molar-refractivity contribution < 1.29 is 34.4 Å². The van der Waals surface area contributed by atoms with E-state index in [1.165, 1.54) is 12.1 Å². The summed E-state index contributed by atoms with van der Waals surface area (Å²) in [5.41, 5.74) is 0.653. The Morgan fingerprint density at radius 2 is 2.03 bits per heavy atom. The van der Waals surface area contributed by atoms with Crippen molar-refractivity contribution in [1.82, 2.24) is 0 Å². The smallest absolute Gasteiger partial charge is 0.342 e. The van der Waals surface area contributed by atoms with E-state index in [4.69, 9.17) is 9.47 Å². The molecule has 6 atom stereocenters. The van der Waals surface area contributed by atoms with Crippen molar-refractivity contribution in [3.63, 3.8) is 0 Å². The Hall–Kier alpha value is -2.64. The van der Waals surface area contributed by atoms with Crippen molar-refractivity contribution in [1.29, 1.82) is 0 Å². The van der Waals surface area contributed by atoms with Crippen LogP contribution in [0.1, 0.15) is 56.3 Å². The number of esters is 2. The fourth-order valence-corrected chi connectivity index (χ4v) is 6.49. The van der Waals surface area contributed by atoms with Crippen LogP contribution in [0.3, 0.4) is 0 Å². The topological polar surface area (TPSA) is 113 Å². The highest BCUT2D eigenvalue weighted by Gasteiger charge is 2.57. The fourth-order valence-electron chi connectivity index (χ4n) is 6.49. The lowest BCUT2D eigenvalue weighted by atomic mass is 9.46. The summed E-state index contributed by atoms with van der Waals surface area (Å²) in [7, 11) is 0. The number of fused-ring (bicyclic) bond motifs is 1. The first-order valence-electron chi connectivity index (χ1n) is 11.9. The second kappa shape index (κ2) is 9.19. The zero-order valence-corrected chi connectivity index (χ0v) is 19.8. The lowest BCUT2D eigenvalue weighted by molar-refractivity contribution is -0.151. The molecule has 1 aromatic rings. The number of phenolic OH excluding ortho intramolecular Hbond substituents is 1. The van der Waals surface area contributed by atoms with Crippen LogP contribution in [0.4, 0.5) is 0 Å². The van der Waals surface area contributed by atoms with Crippen molar-refractivity contribution in [2.24, 2.45) is 22.7 Å². The summed E-state index contributed by atoms with van der Waals surface area (Å²) in [5.74, 6) is -1.25. The maximum Gasteiger partial charge on any atom is 0.342 e. The third-order valence-corrected chi connectivity index (χ3v) is 8.59. The Morgan fingerprint density at radius 3 is 2.74 bits per heavy atom. The van der Waals surface area contributed by atoms with Gasteiger partial charge in [0.1, 0.15) is 17.9 Å². The van der Waals surface area contributed by atoms with Gasteiger partial charge in [-0.1, -0.05) is 44.2 Å². The van der Waals surface area contributed by atoms with Crippen molar-refractivity contribution in [3.8, 4) is 5.75 Å². The molecule has 184 valence electrons. The Bertz CT molecular complexity index is 1010. The quantitative estimate of drug-likeness (QED) is 0.343. The number of cyclic esters (lactones) is 1. The van der Waals surface area contributed by atoms with Crippen LogP contribution in [0.5, 0.6) is 5.75 Å². The number of carbonyl (C=O) groups is 2. The maximum atomic E-state index is 12.6. The molecule has 1 unspecified atom stereocenters. The number of rotatable bonds is 5. The third-order valence-electron chi connectivity index (χ3n) is 8.59. The van der Waals surface area contributed by atoms with Crippen LogP contribution >= 0.6 is 0 Å². The highest BCUT2D eigenvalue weighted by atomic mass is 16.6. The highest BCUT2D eigenvalue weighted by molar-refractivity contribution is 5.95. The molecule has 3 aliphatic rings. The summed E-state index contributed by atoms with van der Waals surface area (Å²) in [5, 5.41) is 30.8. The third kappa shape index (κ3) is 4.05. The van der Waals surface area contributed by atoms with Gasteiger partial charge in [-0.15, -0.1) is 0 Å². The van der Waals surface area contributed by atoms with Gasteiger partial charge in [-0.2, -0.15) is 0 Å². The minimum Gasteiger partial charge on any atom is -0.507 e. The number of hydrogen-bond donors (Lipinski definition) is 3. The molecule has 2 aliphatic carbocycles. The number of ether oxygens (including phenoxy) is 2. The number of hydrogen-bond acceptors (Lipinski definition) is 7. The second-order valence-electron chi connectivity index (χ2n) is 10.4. The van der Waals surface area contributed by atoms with E-state index in [1.807, 2.05) is 6.92 Å². The van der Waals surface area contributed by atoms with E-state index in [2.05, 4.69) is 13.5 Å². The summed E-state index contributed by atoms with van der Waals surface area (Å²) in [6, 6.07) is 6.09. The molecule has 0 amide bonds. The van der Waals surface area contributed by atoms with Gasteiger partial charge in [0, 0.05) is 5.41 Å². The van der Waals surface area contributed by atoms with Crippen molar-refractivity contribution in [2.75, 3.05) is 13.2 Å². The Labute approximate surface area is 200 Å². The molecular weight excluding hydrogens is 436 g/mol. The van der Waals surface area contributed by atoms with Gasteiger partial charge in [-0.25, -0.2) is 9.59 Å². The summed E-state index contributed by atoms with van der Waals surface area (Å²) >= 11 is 0. The lowest BCUT2D eigenvalue weighted by Crippen LogP contribution is -2.57. The fraction of sp³-hybridized carbons (Fsp3) is 0.556. The average molecular weight is 471 g/mol. The van der Waals surface area contributed by atoms with Gasteiger partial charge in [0.15, 0.2) is 6.10 Å². The normalized spacial score (nSPS) is 36.8. The predicted molar refractivity (Wildman–Crippen MR) is 125 cm³/mol. The van der Waals surface area contributed by atoms with E-state index in [9.17, 15) is 24.9 Å². The lowest BCUT2D eigenvalue weighted by Gasteiger charge is -2.59. The minimum absolute atomic E-state index is 0.0289. The zero-order valence-electron chi connectivity index (χ0n) is 19.8. The van der Waals surface area contributed by atoms with E-state index in [0.29, 0.717) is 18.4 Å². The molecule has 0 aromatic heterocycles. The first-order chi connectivity index (χ1) is 16.1. The SMILES string of the molecule is C=C1CCC2[C@](C)(CO)[C@H](O)CC[C@@]2(C)[C@@H]1C/C=C1/C(=O)OC[C@H]1OC(=O)c1ccccc1O. The van der Waals surface area contributed by atoms with Gasteiger partial charge in [-0.05, 0) is 61.5 Å². The summed E-state index contributed by atoms with van der Waals surface area (Å²) in [6.07, 6.45) is 3.98. The van der Waals surface area contributed by atoms with Crippen LogP contribution in [0.2, 0.25) is 0 Å². The summed E-state index contributed by atoms with van der Waals surface area (Å²) in [6.45, 7) is 8.35. The standard InChI is InChI=1S/C27H34O7/c1-16-8-11-22-26(2,13-12-23(30)27(22,3)15-28)19(16)10-9-18-21(14-33-24(18)31)34-25(32)17-6-4-5-7-20(17)29/h4-7,9,19,21-23,28-30H,1,8,10-15H2,2-3H3/b18-9+/t19-,21-,22?,23-,26+,27+/m1/s1. The van der Waals surface area contributed by atoms with Gasteiger partial charge < -0.3 is 24.8 Å². The number of carbonyl (C=O) groups excluding carboxylic acids is 2. The van der Waals surface area contributed by atoms with Crippen LogP contribution in [-0.2, 0) is 14.3 Å². The molecule has 0 bridgehead atoms. The molecule has 4 rings (SSSR count). The van der Waals surface area contributed by atoms with Gasteiger partial charge in [0.2, 0.25) is 0 Å². The summed E-state index contributed by atoms with van der Waals surface area (Å²) in [4.78, 5) is 25.0. The number of aromatic hydroxyl groups is 1. The van der Waals surface area contributed by atoms with Crippen molar-refractivity contribution >= 4 is 11.9 Å². The number of phenols is 1. The van der Waals surface area contributed by atoms with E-state index >= 15 is 0 Å². The molecule has 3 fully saturated rings. The van der Waals surface area contributed by atoms with E-state index < -0.39 is 29.6 Å². The molecule has 2 saturated carbocycles. The predicted octanol–water partition coefficient (Wildman–Crippen LogP) is 3.53. The number of aliphatic hydroxyl groups is 2. The monoisotopic (exact) mass is 470 g/mol. The molecule has 1 aromatic carbocycles. The van der Waals surface area contributed by atoms with Crippen LogP contribution in [-0.4, -0.2) is 52.7 Å². The summed E-state index contributed by atoms with van der Waals surface area (Å²) < 4.78 is 10.7. The van der Waals surface area contributed by atoms with Crippen LogP contribution in [0, 0.1) is 22.7 Å². The first-order valence-corrected chi connectivity index (χ1v) is 11.9. The van der Waals surface area contributed by atoms with Gasteiger partial charge in [0.05, 0.1) is 18.3 Å². The zero-order chi connectivity index (χ0) is 24.7. The van der Waals surface area contributed by atoms with E-state index in [0.717, 1.165) is 24.8 Å². The molecule has 1 aliphatic heterocycles. The largest absolute Gasteiger partial charge is 0.507 e. The van der Waals surface area contributed by atoms with E-state index in [1.54, 1.807) is 18.2 Å². The highest BCUT2D eigenvalue weighted by Crippen LogP contribution is 2.61. The number of para-hydroxylation sites is 1. The average Bonchev–Trinajstić information content (AvgIpc) is 3.15. The molecule has 1 heterocycles. The van der Waals surface area contributed by atoms with Crippen molar-refractivity contribution in [3.05, 3.63) is 53.6 Å². The molecule has 7 heteroatoms.